The Balaban J connectivity index is 2.06. The van der Waals surface area contributed by atoms with Crippen molar-refractivity contribution in [3.63, 3.8) is 0 Å². The van der Waals surface area contributed by atoms with E-state index in [2.05, 4.69) is 25.7 Å². The molecule has 100 valence electrons. The average Bonchev–Trinajstić information content (AvgIpc) is 2.98. The summed E-state index contributed by atoms with van der Waals surface area (Å²) in [7, 11) is 0. The van der Waals surface area contributed by atoms with E-state index in [1.807, 2.05) is 0 Å². The van der Waals surface area contributed by atoms with Gasteiger partial charge in [0.25, 0.3) is 5.91 Å². The molecule has 0 aliphatic heterocycles. The van der Waals surface area contributed by atoms with Gasteiger partial charge < -0.3 is 4.74 Å². The number of esters is 1. The molecule has 2 aromatic heterocycles. The van der Waals surface area contributed by atoms with Crippen LogP contribution < -0.4 is 5.32 Å². The lowest BCUT2D eigenvalue weighted by Gasteiger charge is -1.95. The number of ether oxygens (including phenoxy) is 1. The van der Waals surface area contributed by atoms with Crippen LogP contribution in [-0.4, -0.2) is 38.9 Å². The lowest BCUT2D eigenvalue weighted by atomic mass is 10.6. The van der Waals surface area contributed by atoms with Crippen molar-refractivity contribution in [1.29, 1.82) is 0 Å². The normalized spacial score (nSPS) is 10.2. The van der Waals surface area contributed by atoms with Gasteiger partial charge in [0.05, 0.1) is 6.61 Å². The predicted molar refractivity (Wildman–Crippen MR) is 68.5 cm³/mol. The van der Waals surface area contributed by atoms with E-state index in [1.165, 1.54) is 11.3 Å². The number of carbonyl (C=O) groups excluding carboxylic acids is 2. The first-order valence-electron chi connectivity index (χ1n) is 5.22. The van der Waals surface area contributed by atoms with Gasteiger partial charge in [-0.25, -0.2) is 4.79 Å². The molecular formula is C9H9N5O3S2. The van der Waals surface area contributed by atoms with Crippen molar-refractivity contribution in [2.24, 2.45) is 0 Å². The summed E-state index contributed by atoms with van der Waals surface area (Å²) in [6.45, 7) is 3.70. The summed E-state index contributed by atoms with van der Waals surface area (Å²) in [5, 5.41) is 18.5. The molecule has 0 saturated heterocycles. The monoisotopic (exact) mass is 299 g/mol. The van der Waals surface area contributed by atoms with Crippen molar-refractivity contribution in [2.45, 2.75) is 13.8 Å². The molecule has 0 bridgehead atoms. The summed E-state index contributed by atoms with van der Waals surface area (Å²) < 4.78 is 4.76. The van der Waals surface area contributed by atoms with E-state index in [1.54, 1.807) is 13.8 Å². The van der Waals surface area contributed by atoms with Crippen LogP contribution in [0.25, 0.3) is 0 Å². The molecule has 0 aromatic carbocycles. The molecule has 2 heterocycles. The Labute approximate surface area is 115 Å². The second kappa shape index (κ2) is 5.80. The van der Waals surface area contributed by atoms with Crippen LogP contribution in [0.5, 0.6) is 0 Å². The van der Waals surface area contributed by atoms with Gasteiger partial charge in [-0.15, -0.1) is 20.4 Å². The number of anilines is 1. The van der Waals surface area contributed by atoms with E-state index in [4.69, 9.17) is 4.74 Å². The van der Waals surface area contributed by atoms with E-state index in [-0.39, 0.29) is 16.6 Å². The standard InChI is InChI=1S/C9H9N5O3S2/c1-3-17-8(16)7-13-12-6(19-7)5(15)10-9-14-11-4(2)18-9/h3H2,1-2H3,(H,10,14,15). The Bertz CT molecular complexity index is 609. The number of hydrogen-bond acceptors (Lipinski definition) is 9. The second-order valence-electron chi connectivity index (χ2n) is 3.21. The molecular weight excluding hydrogens is 290 g/mol. The Kier molecular flexibility index (Phi) is 4.12. The van der Waals surface area contributed by atoms with Crippen molar-refractivity contribution < 1.29 is 14.3 Å². The SMILES string of the molecule is CCOC(=O)c1nnc(C(=O)Nc2nnc(C)s2)s1. The predicted octanol–water partition coefficient (Wildman–Crippen LogP) is 1.13. The number of nitrogens with one attached hydrogen (secondary N) is 1. The lowest BCUT2D eigenvalue weighted by molar-refractivity contribution is 0.0525. The number of amides is 1. The largest absolute Gasteiger partial charge is 0.461 e. The highest BCUT2D eigenvalue weighted by molar-refractivity contribution is 7.16. The Morgan fingerprint density at radius 2 is 1.89 bits per heavy atom. The summed E-state index contributed by atoms with van der Waals surface area (Å²) in [5.74, 6) is -1.07. The molecule has 0 spiro atoms. The third-order valence-corrected chi connectivity index (χ3v) is 3.47. The number of aryl methyl sites for hydroxylation is 1. The second-order valence-corrected chi connectivity index (χ2v) is 5.37. The molecule has 1 N–H and O–H groups in total. The molecule has 0 unspecified atom stereocenters. The Morgan fingerprint density at radius 1 is 1.16 bits per heavy atom. The third kappa shape index (κ3) is 3.29. The maximum absolute atomic E-state index is 11.8. The fourth-order valence-corrected chi connectivity index (χ4v) is 2.31. The maximum atomic E-state index is 11.8. The average molecular weight is 299 g/mol. The highest BCUT2D eigenvalue weighted by atomic mass is 32.1. The minimum atomic E-state index is -0.592. The van der Waals surface area contributed by atoms with Gasteiger partial charge in [0, 0.05) is 0 Å². The molecule has 0 atom stereocenters. The molecule has 2 aromatic rings. The molecule has 0 saturated carbocycles. The van der Waals surface area contributed by atoms with Gasteiger partial charge in [0.2, 0.25) is 15.1 Å². The van der Waals surface area contributed by atoms with Crippen LogP contribution in [0.15, 0.2) is 0 Å². The van der Waals surface area contributed by atoms with Gasteiger partial charge in [0.1, 0.15) is 5.01 Å². The van der Waals surface area contributed by atoms with Crippen molar-refractivity contribution in [2.75, 3.05) is 11.9 Å². The molecule has 19 heavy (non-hydrogen) atoms. The van der Waals surface area contributed by atoms with Gasteiger partial charge in [0.15, 0.2) is 0 Å². The summed E-state index contributed by atoms with van der Waals surface area (Å²) in [5.41, 5.74) is 0. The van der Waals surface area contributed by atoms with Gasteiger partial charge in [-0.2, -0.15) is 0 Å². The van der Waals surface area contributed by atoms with E-state index >= 15 is 0 Å². The third-order valence-electron chi connectivity index (χ3n) is 1.82. The van der Waals surface area contributed by atoms with Crippen LogP contribution in [0.4, 0.5) is 5.13 Å². The molecule has 2 rings (SSSR count). The van der Waals surface area contributed by atoms with Crippen LogP contribution in [0, 0.1) is 6.92 Å². The van der Waals surface area contributed by atoms with E-state index in [9.17, 15) is 9.59 Å². The van der Waals surface area contributed by atoms with E-state index < -0.39 is 11.9 Å². The highest BCUT2D eigenvalue weighted by Crippen LogP contribution is 2.17. The maximum Gasteiger partial charge on any atom is 0.369 e. The minimum absolute atomic E-state index is 0.0421. The zero-order valence-electron chi connectivity index (χ0n) is 10.0. The first-order valence-corrected chi connectivity index (χ1v) is 6.85. The zero-order valence-corrected chi connectivity index (χ0v) is 11.7. The number of nitrogens with zero attached hydrogens (tertiary/aromatic N) is 4. The first-order chi connectivity index (χ1) is 9.10. The van der Waals surface area contributed by atoms with Crippen LogP contribution in [0.3, 0.4) is 0 Å². The number of carbonyl (C=O) groups is 2. The number of hydrogen-bond donors (Lipinski definition) is 1. The van der Waals surface area contributed by atoms with Crippen molar-refractivity contribution >= 4 is 39.7 Å². The van der Waals surface area contributed by atoms with Crippen molar-refractivity contribution in [1.82, 2.24) is 20.4 Å². The zero-order chi connectivity index (χ0) is 13.8. The molecule has 0 fully saturated rings. The van der Waals surface area contributed by atoms with Crippen LogP contribution >= 0.6 is 22.7 Å². The number of aromatic nitrogens is 4. The fourth-order valence-electron chi connectivity index (χ4n) is 1.09. The summed E-state index contributed by atoms with van der Waals surface area (Å²) in [6.07, 6.45) is 0. The quantitative estimate of drug-likeness (QED) is 0.843. The van der Waals surface area contributed by atoms with Crippen LogP contribution in [0.1, 0.15) is 31.5 Å². The molecule has 8 nitrogen and oxygen atoms in total. The van der Waals surface area contributed by atoms with Crippen LogP contribution in [-0.2, 0) is 4.74 Å². The highest BCUT2D eigenvalue weighted by Gasteiger charge is 2.19. The minimum Gasteiger partial charge on any atom is -0.461 e. The summed E-state index contributed by atoms with van der Waals surface area (Å²) in [4.78, 5) is 23.2. The van der Waals surface area contributed by atoms with Crippen molar-refractivity contribution in [3.05, 3.63) is 15.0 Å². The number of rotatable bonds is 4. The van der Waals surface area contributed by atoms with Gasteiger partial charge in [-0.05, 0) is 13.8 Å². The molecule has 0 aliphatic carbocycles. The molecule has 10 heteroatoms. The molecule has 1 amide bonds. The molecule has 0 aliphatic rings. The van der Waals surface area contributed by atoms with Gasteiger partial charge >= 0.3 is 5.97 Å². The lowest BCUT2D eigenvalue weighted by Crippen LogP contribution is -2.11. The fraction of sp³-hybridized carbons (Fsp3) is 0.333. The Morgan fingerprint density at radius 3 is 2.53 bits per heavy atom. The van der Waals surface area contributed by atoms with Crippen molar-refractivity contribution in [3.8, 4) is 0 Å². The smallest absolute Gasteiger partial charge is 0.369 e. The summed E-state index contributed by atoms with van der Waals surface area (Å²) >= 11 is 2.11. The topological polar surface area (TPSA) is 107 Å². The van der Waals surface area contributed by atoms with Gasteiger partial charge in [-0.1, -0.05) is 22.7 Å². The summed E-state index contributed by atoms with van der Waals surface area (Å²) in [6, 6.07) is 0. The molecule has 0 radical (unpaired) electrons. The first kappa shape index (κ1) is 13.5. The van der Waals surface area contributed by atoms with Gasteiger partial charge in [-0.3, -0.25) is 10.1 Å². The Hall–Kier alpha value is -1.94. The van der Waals surface area contributed by atoms with E-state index in [0.717, 1.165) is 16.3 Å². The van der Waals surface area contributed by atoms with E-state index in [0.29, 0.717) is 5.13 Å². The van der Waals surface area contributed by atoms with Crippen LogP contribution in [0.2, 0.25) is 0 Å².